The van der Waals surface area contributed by atoms with Gasteiger partial charge in [0, 0.05) is 13.1 Å². The minimum Gasteiger partial charge on any atom is -0.409 e. The average Bonchev–Trinajstić information content (AvgIpc) is 2.81. The van der Waals surface area contributed by atoms with E-state index in [1.165, 1.54) is 6.20 Å². The van der Waals surface area contributed by atoms with Crippen LogP contribution in [0.5, 0.6) is 0 Å². The van der Waals surface area contributed by atoms with Crippen LogP contribution in [0.4, 0.5) is 5.82 Å². The second-order valence-corrected chi connectivity index (χ2v) is 3.45. The summed E-state index contributed by atoms with van der Waals surface area (Å²) in [5.74, 6) is 0.775. The van der Waals surface area contributed by atoms with E-state index in [0.29, 0.717) is 11.4 Å². The zero-order chi connectivity index (χ0) is 10.7. The van der Waals surface area contributed by atoms with Gasteiger partial charge in [-0.05, 0) is 18.9 Å². The van der Waals surface area contributed by atoms with Crippen molar-refractivity contribution in [2.75, 3.05) is 18.0 Å². The van der Waals surface area contributed by atoms with Gasteiger partial charge in [0.15, 0.2) is 11.7 Å². The molecule has 15 heavy (non-hydrogen) atoms. The van der Waals surface area contributed by atoms with Crippen LogP contribution in [0.1, 0.15) is 18.4 Å². The van der Waals surface area contributed by atoms with E-state index in [-0.39, 0.29) is 5.84 Å². The van der Waals surface area contributed by atoms with E-state index in [1.54, 1.807) is 6.07 Å². The zero-order valence-electron chi connectivity index (χ0n) is 8.30. The Kier molecular flexibility index (Phi) is 2.66. The number of nitrogens with zero attached hydrogens (tertiary/aromatic N) is 4. The Morgan fingerprint density at radius 3 is 2.87 bits per heavy atom. The minimum absolute atomic E-state index is 0.0757. The van der Waals surface area contributed by atoms with Gasteiger partial charge in [0.25, 0.3) is 0 Å². The van der Waals surface area contributed by atoms with Gasteiger partial charge < -0.3 is 15.8 Å². The van der Waals surface area contributed by atoms with Crippen LogP contribution in [-0.2, 0) is 0 Å². The number of anilines is 1. The van der Waals surface area contributed by atoms with Gasteiger partial charge >= 0.3 is 0 Å². The van der Waals surface area contributed by atoms with Gasteiger partial charge in [-0.15, -0.1) is 5.10 Å². The van der Waals surface area contributed by atoms with Crippen molar-refractivity contribution in [3.63, 3.8) is 0 Å². The molecule has 3 N–H and O–H groups in total. The Balaban J connectivity index is 2.37. The predicted molar refractivity (Wildman–Crippen MR) is 56.0 cm³/mol. The Hall–Kier alpha value is -1.85. The third kappa shape index (κ3) is 1.83. The highest BCUT2D eigenvalue weighted by Gasteiger charge is 2.18. The first-order valence-electron chi connectivity index (χ1n) is 4.87. The first-order valence-corrected chi connectivity index (χ1v) is 4.87. The van der Waals surface area contributed by atoms with Gasteiger partial charge in [0.2, 0.25) is 0 Å². The summed E-state index contributed by atoms with van der Waals surface area (Å²) < 4.78 is 0. The van der Waals surface area contributed by atoms with Crippen molar-refractivity contribution in [2.24, 2.45) is 10.9 Å². The third-order valence-corrected chi connectivity index (χ3v) is 2.49. The lowest BCUT2D eigenvalue weighted by molar-refractivity contribution is 0.318. The Morgan fingerprint density at radius 1 is 1.47 bits per heavy atom. The molecule has 0 radical (unpaired) electrons. The molecular formula is C9H13N5O. The van der Waals surface area contributed by atoms with Crippen molar-refractivity contribution >= 4 is 11.7 Å². The normalized spacial score (nSPS) is 17.1. The molecule has 0 spiro atoms. The summed E-state index contributed by atoms with van der Waals surface area (Å²) in [7, 11) is 0. The summed E-state index contributed by atoms with van der Waals surface area (Å²) in [5, 5.41) is 19.5. The molecule has 0 atom stereocenters. The number of hydrogen-bond donors (Lipinski definition) is 2. The van der Waals surface area contributed by atoms with E-state index >= 15 is 0 Å². The van der Waals surface area contributed by atoms with Crippen molar-refractivity contribution in [1.29, 1.82) is 0 Å². The van der Waals surface area contributed by atoms with Crippen molar-refractivity contribution in [2.45, 2.75) is 12.8 Å². The fourth-order valence-electron chi connectivity index (χ4n) is 1.74. The molecule has 1 fully saturated rings. The van der Waals surface area contributed by atoms with Crippen molar-refractivity contribution < 1.29 is 5.21 Å². The fourth-order valence-corrected chi connectivity index (χ4v) is 1.74. The first-order chi connectivity index (χ1) is 7.33. The molecule has 80 valence electrons. The maximum Gasteiger partial charge on any atom is 0.173 e. The second-order valence-electron chi connectivity index (χ2n) is 3.45. The lowest BCUT2D eigenvalue weighted by Gasteiger charge is -2.17. The Labute approximate surface area is 87.4 Å². The zero-order valence-corrected chi connectivity index (χ0v) is 8.30. The quantitative estimate of drug-likeness (QED) is 0.312. The predicted octanol–water partition coefficient (Wildman–Crippen LogP) is 0.171. The standard InChI is InChI=1S/C9H13N5O/c10-8(13-15)7-3-4-11-12-9(7)14-5-1-2-6-14/h3-4,15H,1-2,5-6H2,(H2,10,13). The highest BCUT2D eigenvalue weighted by Crippen LogP contribution is 2.20. The van der Waals surface area contributed by atoms with Crippen LogP contribution in [0.2, 0.25) is 0 Å². The molecule has 1 aromatic heterocycles. The smallest absolute Gasteiger partial charge is 0.173 e. The van der Waals surface area contributed by atoms with Crippen LogP contribution in [0.25, 0.3) is 0 Å². The molecule has 2 rings (SSSR count). The van der Waals surface area contributed by atoms with Gasteiger partial charge in [0.05, 0.1) is 11.8 Å². The number of oxime groups is 1. The van der Waals surface area contributed by atoms with Gasteiger partial charge in [-0.2, -0.15) is 5.10 Å². The maximum atomic E-state index is 8.65. The molecule has 0 aliphatic carbocycles. The van der Waals surface area contributed by atoms with E-state index in [2.05, 4.69) is 20.3 Å². The highest BCUT2D eigenvalue weighted by atomic mass is 16.4. The average molecular weight is 207 g/mol. The van der Waals surface area contributed by atoms with Crippen LogP contribution in [0.15, 0.2) is 17.4 Å². The largest absolute Gasteiger partial charge is 0.409 e. The summed E-state index contributed by atoms with van der Waals surface area (Å²) in [5.41, 5.74) is 6.20. The van der Waals surface area contributed by atoms with Crippen molar-refractivity contribution in [3.8, 4) is 0 Å². The molecule has 1 aliphatic rings. The van der Waals surface area contributed by atoms with Crippen molar-refractivity contribution in [3.05, 3.63) is 17.8 Å². The number of nitrogens with two attached hydrogens (primary N) is 1. The molecule has 1 aliphatic heterocycles. The van der Waals surface area contributed by atoms with Crippen LogP contribution >= 0.6 is 0 Å². The lowest BCUT2D eigenvalue weighted by Crippen LogP contribution is -2.25. The topological polar surface area (TPSA) is 87.6 Å². The second kappa shape index (κ2) is 4.12. The Bertz CT molecular complexity index is 373. The van der Waals surface area contributed by atoms with Gasteiger partial charge in [0.1, 0.15) is 0 Å². The van der Waals surface area contributed by atoms with E-state index in [1.807, 2.05) is 0 Å². The highest BCUT2D eigenvalue weighted by molar-refractivity contribution is 6.01. The monoisotopic (exact) mass is 207 g/mol. The number of hydrogen-bond acceptors (Lipinski definition) is 5. The molecule has 0 amide bonds. The lowest BCUT2D eigenvalue weighted by atomic mass is 10.2. The molecule has 0 aromatic carbocycles. The van der Waals surface area contributed by atoms with Crippen LogP contribution in [0, 0.1) is 0 Å². The number of aromatic nitrogens is 2. The van der Waals surface area contributed by atoms with Gasteiger partial charge in [-0.1, -0.05) is 5.16 Å². The van der Waals surface area contributed by atoms with E-state index < -0.39 is 0 Å². The molecular weight excluding hydrogens is 194 g/mol. The SMILES string of the molecule is N/C(=N/O)c1ccnnc1N1CCCC1. The molecule has 0 unspecified atom stereocenters. The van der Waals surface area contributed by atoms with Crippen molar-refractivity contribution in [1.82, 2.24) is 10.2 Å². The summed E-state index contributed by atoms with van der Waals surface area (Å²) in [6, 6.07) is 1.70. The summed E-state index contributed by atoms with van der Waals surface area (Å²) in [4.78, 5) is 2.10. The number of amidine groups is 1. The minimum atomic E-state index is 0.0757. The van der Waals surface area contributed by atoms with Gasteiger partial charge in [-0.25, -0.2) is 0 Å². The maximum absolute atomic E-state index is 8.65. The van der Waals surface area contributed by atoms with E-state index in [0.717, 1.165) is 25.9 Å². The molecule has 1 aromatic rings. The molecule has 0 saturated carbocycles. The summed E-state index contributed by atoms with van der Waals surface area (Å²) >= 11 is 0. The molecule has 6 heteroatoms. The van der Waals surface area contributed by atoms with E-state index in [9.17, 15) is 0 Å². The summed E-state index contributed by atoms with van der Waals surface area (Å²) in [6.45, 7) is 1.90. The molecule has 0 bridgehead atoms. The van der Waals surface area contributed by atoms with E-state index in [4.69, 9.17) is 10.9 Å². The molecule has 2 heterocycles. The summed E-state index contributed by atoms with van der Waals surface area (Å²) in [6.07, 6.45) is 3.82. The van der Waals surface area contributed by atoms with Crippen LogP contribution in [-0.4, -0.2) is 34.3 Å². The third-order valence-electron chi connectivity index (χ3n) is 2.49. The van der Waals surface area contributed by atoms with Crippen LogP contribution in [0.3, 0.4) is 0 Å². The molecule has 1 saturated heterocycles. The van der Waals surface area contributed by atoms with Gasteiger partial charge in [-0.3, -0.25) is 0 Å². The van der Waals surface area contributed by atoms with Crippen LogP contribution < -0.4 is 10.6 Å². The molecule has 6 nitrogen and oxygen atoms in total. The first kappa shape index (κ1) is 9.70. The fraction of sp³-hybridized carbons (Fsp3) is 0.444. The Morgan fingerprint density at radius 2 is 2.20 bits per heavy atom. The number of rotatable bonds is 2.